The van der Waals surface area contributed by atoms with E-state index in [2.05, 4.69) is 46.9 Å². The molecule has 1 aliphatic carbocycles. The molecule has 2 nitrogen and oxygen atoms in total. The molecule has 4 atom stereocenters. The highest BCUT2D eigenvalue weighted by atomic mass is 16.5. The molecule has 114 valence electrons. The van der Waals surface area contributed by atoms with Crippen LogP contribution < -0.4 is 5.32 Å². The standard InChI is InChI=1S/C17H35NO/c1-7-17(6)15(12-16(17)19-8-2)18-14(5)11-9-10-13(3)4/h13-16,18H,7-12H2,1-6H3. The zero-order valence-corrected chi connectivity index (χ0v) is 14.0. The first-order chi connectivity index (χ1) is 8.93. The second-order valence-corrected chi connectivity index (χ2v) is 6.98. The summed E-state index contributed by atoms with van der Waals surface area (Å²) in [5.41, 5.74) is 0.336. The van der Waals surface area contributed by atoms with Gasteiger partial charge in [-0.25, -0.2) is 0 Å². The lowest BCUT2D eigenvalue weighted by Crippen LogP contribution is -2.63. The Morgan fingerprint density at radius 1 is 1.21 bits per heavy atom. The minimum atomic E-state index is 0.336. The molecule has 0 radical (unpaired) electrons. The minimum Gasteiger partial charge on any atom is -0.378 e. The molecule has 19 heavy (non-hydrogen) atoms. The molecule has 1 fully saturated rings. The number of rotatable bonds is 9. The molecule has 0 bridgehead atoms. The molecule has 0 heterocycles. The highest BCUT2D eigenvalue weighted by molar-refractivity contribution is 5.05. The van der Waals surface area contributed by atoms with E-state index < -0.39 is 0 Å². The van der Waals surface area contributed by atoms with E-state index in [1.165, 1.54) is 32.1 Å². The SMILES string of the molecule is CCOC1CC(NC(C)CCCC(C)C)C1(C)CC. The Hall–Kier alpha value is -0.0800. The molecule has 1 aliphatic rings. The number of hydrogen-bond donors (Lipinski definition) is 1. The van der Waals surface area contributed by atoms with Gasteiger partial charge in [-0.05, 0) is 39.0 Å². The fourth-order valence-electron chi connectivity index (χ4n) is 3.27. The summed E-state index contributed by atoms with van der Waals surface area (Å²) in [6.45, 7) is 14.6. The summed E-state index contributed by atoms with van der Waals surface area (Å²) in [6, 6.07) is 1.28. The summed E-state index contributed by atoms with van der Waals surface area (Å²) in [6.07, 6.45) is 6.84. The van der Waals surface area contributed by atoms with E-state index >= 15 is 0 Å². The van der Waals surface area contributed by atoms with Crippen LogP contribution in [0.25, 0.3) is 0 Å². The summed E-state index contributed by atoms with van der Waals surface area (Å²) in [4.78, 5) is 0. The van der Waals surface area contributed by atoms with Crippen LogP contribution in [0.1, 0.15) is 73.6 Å². The first-order valence-corrected chi connectivity index (χ1v) is 8.31. The molecule has 1 saturated carbocycles. The Morgan fingerprint density at radius 2 is 1.89 bits per heavy atom. The van der Waals surface area contributed by atoms with Crippen LogP contribution >= 0.6 is 0 Å². The van der Waals surface area contributed by atoms with E-state index in [4.69, 9.17) is 4.74 Å². The molecule has 0 saturated heterocycles. The topological polar surface area (TPSA) is 21.3 Å². The molecule has 1 N–H and O–H groups in total. The third kappa shape index (κ3) is 4.46. The van der Waals surface area contributed by atoms with Crippen LogP contribution in [0.2, 0.25) is 0 Å². The number of ether oxygens (including phenoxy) is 1. The summed E-state index contributed by atoms with van der Waals surface area (Å²) < 4.78 is 5.87. The third-order valence-electron chi connectivity index (χ3n) is 5.02. The highest BCUT2D eigenvalue weighted by Crippen LogP contribution is 2.46. The van der Waals surface area contributed by atoms with Crippen molar-refractivity contribution in [1.82, 2.24) is 5.32 Å². The van der Waals surface area contributed by atoms with Crippen molar-refractivity contribution in [1.29, 1.82) is 0 Å². The molecule has 0 amide bonds. The quantitative estimate of drug-likeness (QED) is 0.670. The van der Waals surface area contributed by atoms with E-state index in [0.717, 1.165) is 12.5 Å². The minimum absolute atomic E-state index is 0.336. The summed E-state index contributed by atoms with van der Waals surface area (Å²) in [7, 11) is 0. The van der Waals surface area contributed by atoms with E-state index in [9.17, 15) is 0 Å². The second kappa shape index (κ2) is 7.64. The van der Waals surface area contributed by atoms with Crippen molar-refractivity contribution in [3.8, 4) is 0 Å². The maximum absolute atomic E-state index is 5.87. The number of nitrogens with one attached hydrogen (secondary N) is 1. The van der Waals surface area contributed by atoms with Crippen LogP contribution in [0, 0.1) is 11.3 Å². The molecule has 1 rings (SSSR count). The van der Waals surface area contributed by atoms with Gasteiger partial charge in [-0.1, -0.05) is 40.5 Å². The molecule has 0 aromatic heterocycles. The van der Waals surface area contributed by atoms with Crippen LogP contribution in [0.15, 0.2) is 0 Å². The van der Waals surface area contributed by atoms with Crippen molar-refractivity contribution >= 4 is 0 Å². The first-order valence-electron chi connectivity index (χ1n) is 8.31. The van der Waals surface area contributed by atoms with Gasteiger partial charge in [0.05, 0.1) is 6.10 Å². The highest BCUT2D eigenvalue weighted by Gasteiger charge is 2.51. The van der Waals surface area contributed by atoms with E-state index in [0.29, 0.717) is 23.6 Å². The molecular formula is C17H35NO. The van der Waals surface area contributed by atoms with Crippen LogP contribution in [0.5, 0.6) is 0 Å². The van der Waals surface area contributed by atoms with Crippen LogP contribution in [-0.2, 0) is 4.74 Å². The van der Waals surface area contributed by atoms with Crippen molar-refractivity contribution < 1.29 is 4.74 Å². The maximum atomic E-state index is 5.87. The van der Waals surface area contributed by atoms with Gasteiger partial charge >= 0.3 is 0 Å². The molecule has 0 spiro atoms. The Bertz CT molecular complexity index is 254. The van der Waals surface area contributed by atoms with E-state index in [1.54, 1.807) is 0 Å². The van der Waals surface area contributed by atoms with Crippen molar-refractivity contribution in [2.75, 3.05) is 6.61 Å². The summed E-state index contributed by atoms with van der Waals surface area (Å²) in [5, 5.41) is 3.84. The summed E-state index contributed by atoms with van der Waals surface area (Å²) >= 11 is 0. The second-order valence-electron chi connectivity index (χ2n) is 6.98. The molecule has 2 heteroatoms. The van der Waals surface area contributed by atoms with Crippen LogP contribution in [-0.4, -0.2) is 24.8 Å². The van der Waals surface area contributed by atoms with Crippen LogP contribution in [0.4, 0.5) is 0 Å². The van der Waals surface area contributed by atoms with Crippen molar-refractivity contribution in [2.24, 2.45) is 11.3 Å². The zero-order chi connectivity index (χ0) is 14.5. The Kier molecular flexibility index (Phi) is 6.82. The molecular weight excluding hydrogens is 234 g/mol. The average molecular weight is 269 g/mol. The first kappa shape index (κ1) is 17.0. The predicted octanol–water partition coefficient (Wildman–Crippen LogP) is 4.38. The Labute approximate surface area is 120 Å². The number of hydrogen-bond acceptors (Lipinski definition) is 2. The lowest BCUT2D eigenvalue weighted by atomic mass is 9.61. The van der Waals surface area contributed by atoms with Gasteiger partial charge in [-0.3, -0.25) is 0 Å². The van der Waals surface area contributed by atoms with Crippen molar-refractivity contribution in [3.63, 3.8) is 0 Å². The van der Waals surface area contributed by atoms with E-state index in [1.807, 2.05) is 0 Å². The normalized spacial score (nSPS) is 32.4. The van der Waals surface area contributed by atoms with Gasteiger partial charge in [0.15, 0.2) is 0 Å². The third-order valence-corrected chi connectivity index (χ3v) is 5.02. The van der Waals surface area contributed by atoms with Gasteiger partial charge < -0.3 is 10.1 Å². The van der Waals surface area contributed by atoms with Gasteiger partial charge in [-0.15, -0.1) is 0 Å². The van der Waals surface area contributed by atoms with E-state index in [-0.39, 0.29) is 0 Å². The fraction of sp³-hybridized carbons (Fsp3) is 1.00. The fourth-order valence-corrected chi connectivity index (χ4v) is 3.27. The lowest BCUT2D eigenvalue weighted by molar-refractivity contribution is -0.127. The average Bonchev–Trinajstić information content (AvgIpc) is 2.36. The molecule has 4 unspecified atom stereocenters. The molecule has 0 aliphatic heterocycles. The largest absolute Gasteiger partial charge is 0.378 e. The molecule has 0 aromatic carbocycles. The molecule has 0 aromatic rings. The van der Waals surface area contributed by atoms with Gasteiger partial charge in [-0.2, -0.15) is 0 Å². The predicted molar refractivity (Wildman–Crippen MR) is 83.5 cm³/mol. The van der Waals surface area contributed by atoms with Gasteiger partial charge in [0.1, 0.15) is 0 Å². The van der Waals surface area contributed by atoms with Crippen molar-refractivity contribution in [2.45, 2.75) is 91.8 Å². The maximum Gasteiger partial charge on any atom is 0.0658 e. The monoisotopic (exact) mass is 269 g/mol. The smallest absolute Gasteiger partial charge is 0.0658 e. The lowest BCUT2D eigenvalue weighted by Gasteiger charge is -2.54. The van der Waals surface area contributed by atoms with Crippen molar-refractivity contribution in [3.05, 3.63) is 0 Å². The van der Waals surface area contributed by atoms with Crippen LogP contribution in [0.3, 0.4) is 0 Å². The van der Waals surface area contributed by atoms with Gasteiger partial charge in [0.25, 0.3) is 0 Å². The van der Waals surface area contributed by atoms with Gasteiger partial charge in [0.2, 0.25) is 0 Å². The Balaban J connectivity index is 2.32. The Morgan fingerprint density at radius 3 is 2.42 bits per heavy atom. The summed E-state index contributed by atoms with van der Waals surface area (Å²) in [5.74, 6) is 0.833. The van der Waals surface area contributed by atoms with Gasteiger partial charge in [0, 0.05) is 24.1 Å². The zero-order valence-electron chi connectivity index (χ0n) is 14.0.